The number of esters is 2. The van der Waals surface area contributed by atoms with Gasteiger partial charge < -0.3 is 40.8 Å². The lowest BCUT2D eigenvalue weighted by atomic mass is 9.84. The number of hydrogen-bond acceptors (Lipinski definition) is 7. The molecule has 3 aliphatic rings. The van der Waals surface area contributed by atoms with Crippen LogP contribution in [0.15, 0.2) is 53.9 Å². The lowest BCUT2D eigenvalue weighted by Gasteiger charge is -2.47. The largest absolute Gasteiger partial charge is 1.00 e. The minimum atomic E-state index is -1.56. The van der Waals surface area contributed by atoms with Crippen LogP contribution in [0.25, 0.3) is 0 Å². The summed E-state index contributed by atoms with van der Waals surface area (Å²) in [5, 5.41) is 13.6. The molecule has 2 bridgehead atoms. The predicted molar refractivity (Wildman–Crippen MR) is 144 cm³/mol. The van der Waals surface area contributed by atoms with Crippen LogP contribution in [0.3, 0.4) is 0 Å². The Kier molecular flexibility index (Phi) is 9.57. The van der Waals surface area contributed by atoms with Crippen LogP contribution >= 0.6 is 11.3 Å². The molecule has 0 spiro atoms. The number of carbonyl (C=O) groups excluding carboxylic acids is 2. The van der Waals surface area contributed by atoms with Gasteiger partial charge in [-0.3, -0.25) is 0 Å². The maximum absolute atomic E-state index is 13.6. The number of halogens is 1. The van der Waals surface area contributed by atoms with Gasteiger partial charge >= 0.3 is 11.9 Å². The van der Waals surface area contributed by atoms with Gasteiger partial charge in [-0.25, -0.2) is 9.59 Å². The Hall–Kier alpha value is -2.20. The molecule has 9 heteroatoms. The average Bonchev–Trinajstić information content (AvgIpc) is 3.65. The zero-order valence-electron chi connectivity index (χ0n) is 22.6. The molecule has 212 valence electrons. The van der Waals surface area contributed by atoms with E-state index < -0.39 is 11.6 Å². The van der Waals surface area contributed by atoms with E-state index in [4.69, 9.17) is 14.2 Å². The van der Waals surface area contributed by atoms with Crippen molar-refractivity contribution in [1.29, 1.82) is 0 Å². The number of thiophene rings is 1. The molecule has 2 aromatic rings. The highest BCUT2D eigenvalue weighted by Gasteiger charge is 2.53. The van der Waals surface area contributed by atoms with Gasteiger partial charge in [0.25, 0.3) is 0 Å². The number of hydrogen-bond donors (Lipinski definition) is 1. The van der Waals surface area contributed by atoms with Crippen molar-refractivity contribution < 1.29 is 50.4 Å². The van der Waals surface area contributed by atoms with Gasteiger partial charge in [0.1, 0.15) is 30.5 Å². The van der Waals surface area contributed by atoms with Gasteiger partial charge in [0.15, 0.2) is 12.2 Å². The number of likely N-dealkylation sites (N-methyl/N-ethyl adjacent to an activating group) is 1. The van der Waals surface area contributed by atoms with Crippen molar-refractivity contribution in [3.63, 3.8) is 0 Å². The van der Waals surface area contributed by atoms with Crippen LogP contribution in [-0.4, -0.2) is 60.0 Å². The maximum Gasteiger partial charge on any atom is 0.344 e. The molecule has 1 saturated heterocycles. The van der Waals surface area contributed by atoms with Crippen molar-refractivity contribution in [2.24, 2.45) is 5.92 Å². The minimum Gasteiger partial charge on any atom is -1.00 e. The predicted octanol–water partition coefficient (Wildman–Crippen LogP) is 1.73. The summed E-state index contributed by atoms with van der Waals surface area (Å²) < 4.78 is 17.5. The molecule has 5 atom stereocenters. The van der Waals surface area contributed by atoms with Crippen molar-refractivity contribution >= 4 is 23.3 Å². The third kappa shape index (κ3) is 6.11. The van der Waals surface area contributed by atoms with E-state index in [9.17, 15) is 14.7 Å². The second kappa shape index (κ2) is 12.5. The second-order valence-electron chi connectivity index (χ2n) is 11.0. The topological polar surface area (TPSA) is 82.1 Å². The smallest absolute Gasteiger partial charge is 0.344 e. The number of nitrogens with zero attached hydrogens (tertiary/aromatic N) is 1. The van der Waals surface area contributed by atoms with E-state index in [-0.39, 0.29) is 53.7 Å². The van der Waals surface area contributed by atoms with Gasteiger partial charge in [-0.2, -0.15) is 0 Å². The van der Waals surface area contributed by atoms with Crippen molar-refractivity contribution in [2.45, 2.75) is 75.8 Å². The number of piperidine rings is 1. The maximum atomic E-state index is 13.6. The Morgan fingerprint density at radius 1 is 1.10 bits per heavy atom. The van der Waals surface area contributed by atoms with E-state index in [2.05, 4.69) is 25.3 Å². The van der Waals surface area contributed by atoms with Crippen LogP contribution in [0.4, 0.5) is 0 Å². The van der Waals surface area contributed by atoms with Crippen LogP contribution in [-0.2, 0) is 31.2 Å². The van der Waals surface area contributed by atoms with E-state index in [1.165, 1.54) is 11.3 Å². The van der Waals surface area contributed by atoms with Crippen molar-refractivity contribution in [3.8, 4) is 5.75 Å². The molecule has 1 aliphatic carbocycles. The fourth-order valence-corrected chi connectivity index (χ4v) is 7.41. The first-order chi connectivity index (χ1) is 18.3. The quantitative estimate of drug-likeness (QED) is 0.248. The van der Waals surface area contributed by atoms with Crippen LogP contribution in [0.5, 0.6) is 5.75 Å². The molecular weight excluding hydrogens is 582 g/mol. The molecule has 0 radical (unpaired) electrons. The van der Waals surface area contributed by atoms with Crippen LogP contribution in [0.1, 0.15) is 55.9 Å². The van der Waals surface area contributed by atoms with E-state index >= 15 is 0 Å². The summed E-state index contributed by atoms with van der Waals surface area (Å²) in [5.41, 5.74) is -0.437. The summed E-state index contributed by atoms with van der Waals surface area (Å²) in [6.45, 7) is 2.79. The van der Waals surface area contributed by atoms with Crippen molar-refractivity contribution in [3.05, 3.63) is 64.4 Å². The second-order valence-corrected chi connectivity index (χ2v) is 11.9. The summed E-state index contributed by atoms with van der Waals surface area (Å²) in [7, 11) is 2.25. The van der Waals surface area contributed by atoms with Gasteiger partial charge in [0.05, 0.1) is 13.7 Å². The molecule has 3 heterocycles. The highest BCUT2D eigenvalue weighted by molar-refractivity contribution is 7.10. The molecule has 2 fully saturated rings. The Morgan fingerprint density at radius 2 is 1.82 bits per heavy atom. The molecule has 7 nitrogen and oxygen atoms in total. The van der Waals surface area contributed by atoms with Crippen molar-refractivity contribution in [2.75, 3.05) is 20.3 Å². The summed E-state index contributed by atoms with van der Waals surface area (Å²) >= 11 is 1.43. The number of aliphatic hydroxyl groups is 1. The van der Waals surface area contributed by atoms with Crippen molar-refractivity contribution in [1.82, 2.24) is 0 Å². The van der Waals surface area contributed by atoms with Crippen LogP contribution < -0.4 is 21.7 Å². The number of quaternary nitrogens is 1. The molecule has 1 saturated carbocycles. The molecule has 1 N–H and O–H groups in total. The van der Waals surface area contributed by atoms with E-state index in [0.717, 1.165) is 55.1 Å². The van der Waals surface area contributed by atoms with Gasteiger partial charge in [-0.05, 0) is 55.5 Å². The average molecular weight is 621 g/mol. The lowest BCUT2D eigenvalue weighted by Crippen LogP contribution is -3.00. The molecule has 5 rings (SSSR count). The highest BCUT2D eigenvalue weighted by atomic mass is 79.9. The molecule has 1 aromatic heterocycles. The van der Waals surface area contributed by atoms with E-state index in [1.807, 2.05) is 35.7 Å². The number of carbonyl (C=O) groups is 2. The fourth-order valence-electron chi connectivity index (χ4n) is 6.52. The Balaban J connectivity index is 0.00000353. The van der Waals surface area contributed by atoms with Gasteiger partial charge in [0.2, 0.25) is 0 Å². The molecule has 1 aromatic carbocycles. The third-order valence-corrected chi connectivity index (χ3v) is 9.59. The molecular formula is C30H38BrNO6S. The first-order valence-electron chi connectivity index (χ1n) is 13.7. The normalized spacial score (nSPS) is 27.4. The standard InChI is InChI=1S/C30H38NO6S.BrH/c1-3-35-28(32)20-36-25-11-6-8-21(16-25)19-31(2)23-13-14-24(31)18-26(17-23)37-29(33)30(34,22-9-4-5-10-22)27-12-7-15-38-27;/h6-8,11-16,22-24,26,34H,3-5,9-10,17-20H2,1-2H3;1H/q+1;/p-1/t23-,24+,26+,30?,31?;. The lowest BCUT2D eigenvalue weighted by molar-refractivity contribution is -0.957. The number of benzene rings is 1. The SMILES string of the molecule is CCOC(=O)COc1cccc(C[N+]2(C)[C@@H]3C=C[C@H]2C[C@@H](OC(=O)C(O)(c2cccs2)C2CCCC2)C3)c1.[Br-]. The first kappa shape index (κ1) is 29.8. The van der Waals surface area contributed by atoms with Crippen LogP contribution in [0.2, 0.25) is 0 Å². The summed E-state index contributed by atoms with van der Waals surface area (Å²) in [4.78, 5) is 25.9. The van der Waals surface area contributed by atoms with Gasteiger partial charge in [0, 0.05) is 29.2 Å². The molecule has 0 amide bonds. The van der Waals surface area contributed by atoms with Gasteiger partial charge in [-0.1, -0.05) is 31.0 Å². The molecule has 2 aliphatic heterocycles. The number of rotatable bonds is 10. The monoisotopic (exact) mass is 619 g/mol. The summed E-state index contributed by atoms with van der Waals surface area (Å²) in [5.74, 6) is -0.314. The zero-order valence-corrected chi connectivity index (χ0v) is 25.0. The van der Waals surface area contributed by atoms with Gasteiger partial charge in [-0.15, -0.1) is 11.3 Å². The Labute approximate surface area is 245 Å². The summed E-state index contributed by atoms with van der Waals surface area (Å²) in [6, 6.07) is 12.0. The number of ether oxygens (including phenoxy) is 3. The number of fused-ring (bicyclic) bond motifs is 2. The van der Waals surface area contributed by atoms with Crippen LogP contribution in [0, 0.1) is 5.92 Å². The van der Waals surface area contributed by atoms with E-state index in [0.29, 0.717) is 17.2 Å². The Bertz CT molecular complexity index is 1150. The zero-order chi connectivity index (χ0) is 26.8. The summed E-state index contributed by atoms with van der Waals surface area (Å²) in [6.07, 6.45) is 9.48. The minimum absolute atomic E-state index is 0. The highest BCUT2D eigenvalue weighted by Crippen LogP contribution is 2.45. The first-order valence-corrected chi connectivity index (χ1v) is 14.6. The Morgan fingerprint density at radius 3 is 2.46 bits per heavy atom. The van der Waals surface area contributed by atoms with E-state index in [1.54, 1.807) is 6.92 Å². The fraction of sp³-hybridized carbons (Fsp3) is 0.533. The third-order valence-electron chi connectivity index (χ3n) is 8.59. The molecule has 2 unspecified atom stereocenters. The molecule has 39 heavy (non-hydrogen) atoms.